The number of carbonyl (C=O) groups is 3. The van der Waals surface area contributed by atoms with Crippen molar-refractivity contribution in [3.8, 4) is 0 Å². The van der Waals surface area contributed by atoms with Gasteiger partial charge in [0, 0.05) is 16.0 Å². The largest absolute Gasteiger partial charge is 0.328 e. The van der Waals surface area contributed by atoms with Crippen molar-refractivity contribution in [1.29, 1.82) is 0 Å². The predicted octanol–water partition coefficient (Wildman–Crippen LogP) is 2.67. The Morgan fingerprint density at radius 2 is 1.31 bits per heavy atom. The van der Waals surface area contributed by atoms with E-state index in [0.29, 0.717) is 21.2 Å². The molecule has 2 aromatic rings. The molecule has 1 aliphatic rings. The molecule has 0 radical (unpaired) electrons. The van der Waals surface area contributed by atoms with Crippen LogP contribution in [-0.2, 0) is 25.2 Å². The van der Waals surface area contributed by atoms with Crippen molar-refractivity contribution in [3.05, 3.63) is 69.7 Å². The summed E-state index contributed by atoms with van der Waals surface area (Å²) in [6.45, 7) is 0. The lowest BCUT2D eigenvalue weighted by Crippen LogP contribution is -2.57. The van der Waals surface area contributed by atoms with Gasteiger partial charge in [-0.15, -0.1) is 0 Å². The van der Waals surface area contributed by atoms with Gasteiger partial charge >= 0.3 is 6.03 Å². The molecule has 0 aromatic heterocycles. The van der Waals surface area contributed by atoms with Gasteiger partial charge in [0.2, 0.25) is 11.8 Å². The summed E-state index contributed by atoms with van der Waals surface area (Å²) < 4.78 is 25.7. The molecule has 152 valence electrons. The molecule has 3 rings (SSSR count). The molecule has 1 atom stereocenters. The summed E-state index contributed by atoms with van der Waals surface area (Å²) in [5.74, 6) is -4.84. The van der Waals surface area contributed by atoms with E-state index in [1.807, 2.05) is 10.6 Å². The lowest BCUT2D eigenvalue weighted by Gasteiger charge is -2.28. The minimum absolute atomic E-state index is 0.289. The third-order valence-corrected chi connectivity index (χ3v) is 6.62. The highest BCUT2D eigenvalue weighted by atomic mass is 35.5. The van der Waals surface area contributed by atoms with E-state index in [0.717, 1.165) is 0 Å². The summed E-state index contributed by atoms with van der Waals surface area (Å²) in [4.78, 5) is 36.1. The Morgan fingerprint density at radius 1 is 0.828 bits per heavy atom. The molecule has 10 heteroatoms. The van der Waals surface area contributed by atoms with Crippen LogP contribution in [0, 0.1) is 5.92 Å². The first-order chi connectivity index (χ1) is 13.6. The lowest BCUT2D eigenvalue weighted by atomic mass is 9.85. The van der Waals surface area contributed by atoms with Crippen molar-refractivity contribution in [2.45, 2.75) is 11.7 Å². The second-order valence-electron chi connectivity index (χ2n) is 6.62. The average molecular weight is 455 g/mol. The summed E-state index contributed by atoms with van der Waals surface area (Å²) in [6, 6.07) is 11.6. The fourth-order valence-corrected chi connectivity index (χ4v) is 5.16. The normalized spacial score (nSPS) is 16.3. The number of nitrogens with one attached hydrogen (secondary N) is 2. The predicted molar refractivity (Wildman–Crippen MR) is 108 cm³/mol. The molecule has 0 aliphatic carbocycles. The first-order valence-electron chi connectivity index (χ1n) is 8.50. The maximum atomic E-state index is 12.9. The number of amides is 4. The smallest absolute Gasteiger partial charge is 0.277 e. The van der Waals surface area contributed by atoms with Gasteiger partial charge in [0.05, 0.1) is 11.5 Å². The molecule has 0 spiro atoms. The second-order valence-corrected chi connectivity index (χ2v) is 9.61. The SMILES string of the molecule is O=C1NC(=O)C(C(CS(=O)(=O)Cc2ccc(Cl)cc2)c2ccc(Cl)cc2)C(=O)N1. The molecule has 2 aromatic carbocycles. The van der Waals surface area contributed by atoms with Gasteiger partial charge in [-0.1, -0.05) is 47.5 Å². The maximum Gasteiger partial charge on any atom is 0.328 e. The first-order valence-corrected chi connectivity index (χ1v) is 11.1. The number of rotatable bonds is 6. The molecule has 4 amide bonds. The highest BCUT2D eigenvalue weighted by Gasteiger charge is 2.42. The van der Waals surface area contributed by atoms with Crippen molar-refractivity contribution < 1.29 is 22.8 Å². The number of imide groups is 2. The number of carbonyl (C=O) groups excluding carboxylic acids is 3. The van der Waals surface area contributed by atoms with Gasteiger partial charge in [0.25, 0.3) is 0 Å². The van der Waals surface area contributed by atoms with E-state index >= 15 is 0 Å². The zero-order valence-corrected chi connectivity index (χ0v) is 17.2. The van der Waals surface area contributed by atoms with Gasteiger partial charge in [-0.25, -0.2) is 13.2 Å². The van der Waals surface area contributed by atoms with E-state index in [4.69, 9.17) is 23.2 Å². The zero-order chi connectivity index (χ0) is 21.2. The van der Waals surface area contributed by atoms with Gasteiger partial charge in [-0.05, 0) is 35.4 Å². The van der Waals surface area contributed by atoms with Crippen LogP contribution in [0.15, 0.2) is 48.5 Å². The van der Waals surface area contributed by atoms with E-state index in [9.17, 15) is 22.8 Å². The summed E-state index contributed by atoms with van der Waals surface area (Å²) in [5.41, 5.74) is 0.968. The van der Waals surface area contributed by atoms with Crippen LogP contribution in [0.2, 0.25) is 10.0 Å². The van der Waals surface area contributed by atoms with Crippen LogP contribution in [0.3, 0.4) is 0 Å². The number of halogens is 2. The molecule has 0 bridgehead atoms. The summed E-state index contributed by atoms with van der Waals surface area (Å²) in [7, 11) is -3.74. The first kappa shape index (κ1) is 21.3. The summed E-state index contributed by atoms with van der Waals surface area (Å²) in [5, 5.41) is 4.93. The maximum absolute atomic E-state index is 12.9. The molecular weight excluding hydrogens is 439 g/mol. The van der Waals surface area contributed by atoms with Gasteiger partial charge in [-0.2, -0.15) is 0 Å². The van der Waals surface area contributed by atoms with Crippen molar-refractivity contribution in [2.24, 2.45) is 5.92 Å². The number of sulfone groups is 1. The fourth-order valence-electron chi connectivity index (χ4n) is 3.16. The zero-order valence-electron chi connectivity index (χ0n) is 14.9. The Hall–Kier alpha value is -2.42. The van der Waals surface area contributed by atoms with Crippen LogP contribution in [0.5, 0.6) is 0 Å². The van der Waals surface area contributed by atoms with Gasteiger partial charge in [0.1, 0.15) is 5.92 Å². The Labute approximate surface area is 177 Å². The van der Waals surface area contributed by atoms with Crippen LogP contribution >= 0.6 is 23.2 Å². The average Bonchev–Trinajstić information content (AvgIpc) is 2.62. The molecule has 1 heterocycles. The van der Waals surface area contributed by atoms with E-state index < -0.39 is 45.3 Å². The minimum atomic E-state index is -3.74. The van der Waals surface area contributed by atoms with Crippen LogP contribution in [0.1, 0.15) is 17.0 Å². The fraction of sp³-hybridized carbons (Fsp3) is 0.211. The van der Waals surface area contributed by atoms with Crippen molar-refractivity contribution >= 4 is 50.9 Å². The molecule has 1 unspecified atom stereocenters. The Kier molecular flexibility index (Phi) is 6.26. The van der Waals surface area contributed by atoms with Crippen molar-refractivity contribution in [3.63, 3.8) is 0 Å². The Morgan fingerprint density at radius 3 is 1.83 bits per heavy atom. The number of urea groups is 1. The van der Waals surface area contributed by atoms with E-state index in [1.165, 1.54) is 0 Å². The Balaban J connectivity index is 1.93. The summed E-state index contributed by atoms with van der Waals surface area (Å²) >= 11 is 11.7. The minimum Gasteiger partial charge on any atom is -0.277 e. The van der Waals surface area contributed by atoms with Crippen LogP contribution in [-0.4, -0.2) is 32.0 Å². The van der Waals surface area contributed by atoms with Gasteiger partial charge in [-0.3, -0.25) is 20.2 Å². The van der Waals surface area contributed by atoms with Crippen LogP contribution in [0.4, 0.5) is 4.79 Å². The highest BCUT2D eigenvalue weighted by Crippen LogP contribution is 2.30. The molecule has 2 N–H and O–H groups in total. The Bertz CT molecular complexity index is 1030. The van der Waals surface area contributed by atoms with Gasteiger partial charge in [0.15, 0.2) is 9.84 Å². The molecule has 1 aliphatic heterocycles. The van der Waals surface area contributed by atoms with E-state index in [-0.39, 0.29) is 5.75 Å². The lowest BCUT2D eigenvalue weighted by molar-refractivity contribution is -0.136. The molecule has 1 fully saturated rings. The second kappa shape index (κ2) is 8.52. The van der Waals surface area contributed by atoms with Crippen molar-refractivity contribution in [2.75, 3.05) is 5.75 Å². The number of benzene rings is 2. The van der Waals surface area contributed by atoms with E-state index in [2.05, 4.69) is 0 Å². The topological polar surface area (TPSA) is 109 Å². The van der Waals surface area contributed by atoms with Crippen LogP contribution < -0.4 is 10.6 Å². The molecule has 0 saturated carbocycles. The van der Waals surface area contributed by atoms with Crippen LogP contribution in [0.25, 0.3) is 0 Å². The van der Waals surface area contributed by atoms with E-state index in [1.54, 1.807) is 48.5 Å². The molecule has 29 heavy (non-hydrogen) atoms. The number of barbiturate groups is 1. The summed E-state index contributed by atoms with van der Waals surface area (Å²) in [6.07, 6.45) is 0. The third-order valence-electron chi connectivity index (χ3n) is 4.47. The standard InChI is InChI=1S/C19H16Cl2N2O5S/c20-13-5-1-11(2-6-13)9-29(27,28)10-15(12-3-7-14(21)8-4-12)16-17(24)22-19(26)23-18(16)25/h1-8,15-16H,9-10H2,(H2,22,23,24,25,26). The van der Waals surface area contributed by atoms with Gasteiger partial charge < -0.3 is 0 Å². The number of hydrogen-bond acceptors (Lipinski definition) is 5. The highest BCUT2D eigenvalue weighted by molar-refractivity contribution is 7.90. The monoisotopic (exact) mass is 454 g/mol. The third kappa shape index (κ3) is 5.35. The number of hydrogen-bond donors (Lipinski definition) is 2. The molecular formula is C19H16Cl2N2O5S. The van der Waals surface area contributed by atoms with Crippen molar-refractivity contribution in [1.82, 2.24) is 10.6 Å². The quantitative estimate of drug-likeness (QED) is 0.651. The molecule has 1 saturated heterocycles. The molecule has 7 nitrogen and oxygen atoms in total.